The highest BCUT2D eigenvalue weighted by Gasteiger charge is 2.39. The summed E-state index contributed by atoms with van der Waals surface area (Å²) in [6, 6.07) is 11.5. The highest BCUT2D eigenvalue weighted by atomic mass is 19.1. The minimum Gasteiger partial charge on any atom is -0.494 e. The van der Waals surface area contributed by atoms with Crippen LogP contribution in [0.1, 0.15) is 29.3 Å². The first-order chi connectivity index (χ1) is 12.9. The number of nitrogens with zero attached hydrogens (tertiary/aromatic N) is 1. The molecule has 142 valence electrons. The quantitative estimate of drug-likeness (QED) is 0.843. The van der Waals surface area contributed by atoms with Crippen LogP contribution in [0.4, 0.5) is 10.1 Å². The number of hydrogen-bond donors (Lipinski definition) is 1. The normalized spacial score (nSPS) is 17.9. The number of ether oxygens (including phenoxy) is 1. The summed E-state index contributed by atoms with van der Waals surface area (Å²) in [6.45, 7) is 2.30. The Balaban J connectivity index is 1.66. The first-order valence-corrected chi connectivity index (χ1v) is 8.88. The topological polar surface area (TPSA) is 58.6 Å². The molecule has 1 aliphatic rings. The number of anilines is 1. The van der Waals surface area contributed by atoms with E-state index in [2.05, 4.69) is 5.32 Å². The maximum Gasteiger partial charge on any atom is 0.253 e. The summed E-state index contributed by atoms with van der Waals surface area (Å²) in [4.78, 5) is 26.3. The summed E-state index contributed by atoms with van der Waals surface area (Å²) in [7, 11) is 3.06. The van der Waals surface area contributed by atoms with Gasteiger partial charge in [0.25, 0.3) is 5.91 Å². The summed E-state index contributed by atoms with van der Waals surface area (Å²) in [5.41, 5.74) is 1.73. The number of rotatable bonds is 6. The lowest BCUT2D eigenvalue weighted by Gasteiger charge is -2.18. The van der Waals surface area contributed by atoms with Gasteiger partial charge in [0.15, 0.2) is 11.6 Å². The second-order valence-electron chi connectivity index (χ2n) is 7.02. The van der Waals surface area contributed by atoms with Gasteiger partial charge in [-0.25, -0.2) is 4.39 Å². The highest BCUT2D eigenvalue weighted by molar-refractivity contribution is 5.98. The molecule has 6 heteroatoms. The number of methoxy groups -OCH3 is 1. The minimum atomic E-state index is -0.463. The summed E-state index contributed by atoms with van der Waals surface area (Å²) in [6.07, 6.45) is 0.908. The average molecular weight is 370 g/mol. The van der Waals surface area contributed by atoms with Crippen LogP contribution >= 0.6 is 0 Å². The molecule has 0 aliphatic heterocycles. The van der Waals surface area contributed by atoms with Crippen molar-refractivity contribution in [3.05, 3.63) is 59.4 Å². The van der Waals surface area contributed by atoms with Gasteiger partial charge in [0.2, 0.25) is 5.91 Å². The molecule has 2 aromatic carbocycles. The molecular weight excluding hydrogens is 347 g/mol. The largest absolute Gasteiger partial charge is 0.494 e. The third-order valence-electron chi connectivity index (χ3n) is 4.81. The lowest BCUT2D eigenvalue weighted by Crippen LogP contribution is -2.26. The van der Waals surface area contributed by atoms with E-state index in [1.807, 2.05) is 6.92 Å². The summed E-state index contributed by atoms with van der Waals surface area (Å²) in [5.74, 6) is -0.0184. The predicted molar refractivity (Wildman–Crippen MR) is 101 cm³/mol. The number of carbonyl (C=O) groups is 2. The summed E-state index contributed by atoms with van der Waals surface area (Å²) in [5, 5.41) is 2.87. The van der Waals surface area contributed by atoms with E-state index in [-0.39, 0.29) is 30.0 Å². The third kappa shape index (κ3) is 4.45. The number of amides is 2. The van der Waals surface area contributed by atoms with Crippen molar-refractivity contribution < 1.29 is 18.7 Å². The van der Waals surface area contributed by atoms with Gasteiger partial charge in [-0.15, -0.1) is 0 Å². The van der Waals surface area contributed by atoms with Crippen LogP contribution in [0.2, 0.25) is 0 Å². The van der Waals surface area contributed by atoms with Crippen LogP contribution in [0, 0.1) is 17.7 Å². The molecule has 0 radical (unpaired) electrons. The van der Waals surface area contributed by atoms with Gasteiger partial charge >= 0.3 is 0 Å². The highest BCUT2D eigenvalue weighted by Crippen LogP contribution is 2.38. The van der Waals surface area contributed by atoms with Gasteiger partial charge in [0.1, 0.15) is 0 Å². The Morgan fingerprint density at radius 1 is 1.26 bits per heavy atom. The standard InChI is InChI=1S/C21H23FN2O3/c1-13-9-17(13)20(25)23-16-6-4-5-15(11-16)21(26)24(2)12-14-7-8-19(27-3)18(22)10-14/h4-8,10-11,13,17H,9,12H2,1-3H3,(H,23,25). The van der Waals surface area contributed by atoms with Gasteiger partial charge < -0.3 is 15.0 Å². The molecule has 0 spiro atoms. The van der Waals surface area contributed by atoms with Crippen molar-refractivity contribution in [2.45, 2.75) is 19.9 Å². The van der Waals surface area contributed by atoms with Gasteiger partial charge in [-0.3, -0.25) is 9.59 Å². The molecule has 2 unspecified atom stereocenters. The molecular formula is C21H23FN2O3. The molecule has 2 aromatic rings. The number of benzene rings is 2. The molecule has 3 rings (SSSR count). The Kier molecular flexibility index (Phi) is 5.44. The average Bonchev–Trinajstić information content (AvgIpc) is 3.38. The molecule has 0 heterocycles. The minimum absolute atomic E-state index is 0.00541. The second-order valence-corrected chi connectivity index (χ2v) is 7.02. The van der Waals surface area contributed by atoms with Crippen molar-refractivity contribution in [2.24, 2.45) is 11.8 Å². The number of hydrogen-bond acceptors (Lipinski definition) is 3. The van der Waals surface area contributed by atoms with Crippen LogP contribution in [0.5, 0.6) is 5.75 Å². The Hall–Kier alpha value is -2.89. The molecule has 0 aromatic heterocycles. The van der Waals surface area contributed by atoms with Crippen LogP contribution in [0.25, 0.3) is 0 Å². The van der Waals surface area contributed by atoms with E-state index in [1.165, 1.54) is 24.1 Å². The van der Waals surface area contributed by atoms with Gasteiger partial charge in [-0.05, 0) is 48.2 Å². The van der Waals surface area contributed by atoms with E-state index in [0.717, 1.165) is 6.42 Å². The fraction of sp³-hybridized carbons (Fsp3) is 0.333. The van der Waals surface area contributed by atoms with E-state index in [4.69, 9.17) is 4.74 Å². The molecule has 5 nitrogen and oxygen atoms in total. The van der Waals surface area contributed by atoms with Crippen molar-refractivity contribution >= 4 is 17.5 Å². The molecule has 1 N–H and O–H groups in total. The molecule has 0 bridgehead atoms. The predicted octanol–water partition coefficient (Wildman–Crippen LogP) is 3.70. The van der Waals surface area contributed by atoms with Crippen LogP contribution < -0.4 is 10.1 Å². The van der Waals surface area contributed by atoms with Crippen LogP contribution in [0.15, 0.2) is 42.5 Å². The lowest BCUT2D eigenvalue weighted by atomic mass is 10.1. The second kappa shape index (κ2) is 7.78. The monoisotopic (exact) mass is 370 g/mol. The van der Waals surface area contributed by atoms with E-state index in [9.17, 15) is 14.0 Å². The maximum atomic E-state index is 13.8. The van der Waals surface area contributed by atoms with Crippen LogP contribution in [-0.4, -0.2) is 30.9 Å². The van der Waals surface area contributed by atoms with Crippen LogP contribution in [0.3, 0.4) is 0 Å². The van der Waals surface area contributed by atoms with Gasteiger partial charge in [0, 0.05) is 30.8 Å². The van der Waals surface area contributed by atoms with Crippen molar-refractivity contribution in [1.29, 1.82) is 0 Å². The summed E-state index contributed by atoms with van der Waals surface area (Å²) >= 11 is 0. The lowest BCUT2D eigenvalue weighted by molar-refractivity contribution is -0.117. The first-order valence-electron chi connectivity index (χ1n) is 8.88. The Labute approximate surface area is 158 Å². The number of halogens is 1. The van der Waals surface area contributed by atoms with E-state index in [1.54, 1.807) is 37.4 Å². The zero-order valence-corrected chi connectivity index (χ0v) is 15.7. The van der Waals surface area contributed by atoms with E-state index < -0.39 is 5.82 Å². The maximum absolute atomic E-state index is 13.8. The number of carbonyl (C=O) groups excluding carboxylic acids is 2. The smallest absolute Gasteiger partial charge is 0.253 e. The fourth-order valence-electron chi connectivity index (χ4n) is 3.03. The zero-order valence-electron chi connectivity index (χ0n) is 15.7. The number of nitrogens with one attached hydrogen (secondary N) is 1. The third-order valence-corrected chi connectivity index (χ3v) is 4.81. The molecule has 27 heavy (non-hydrogen) atoms. The Morgan fingerprint density at radius 3 is 2.63 bits per heavy atom. The van der Waals surface area contributed by atoms with Crippen molar-refractivity contribution in [3.63, 3.8) is 0 Å². The van der Waals surface area contributed by atoms with Gasteiger partial charge in [-0.1, -0.05) is 19.1 Å². The van der Waals surface area contributed by atoms with Crippen molar-refractivity contribution in [2.75, 3.05) is 19.5 Å². The molecule has 1 fully saturated rings. The molecule has 1 aliphatic carbocycles. The van der Waals surface area contributed by atoms with Crippen LogP contribution in [-0.2, 0) is 11.3 Å². The zero-order chi connectivity index (χ0) is 19.6. The Morgan fingerprint density at radius 2 is 2.00 bits per heavy atom. The molecule has 1 saturated carbocycles. The van der Waals surface area contributed by atoms with E-state index in [0.29, 0.717) is 22.7 Å². The molecule has 2 amide bonds. The van der Waals surface area contributed by atoms with E-state index >= 15 is 0 Å². The van der Waals surface area contributed by atoms with Crippen molar-refractivity contribution in [3.8, 4) is 5.75 Å². The van der Waals surface area contributed by atoms with Gasteiger partial charge in [-0.2, -0.15) is 0 Å². The fourth-order valence-corrected chi connectivity index (χ4v) is 3.03. The molecule has 0 saturated heterocycles. The SMILES string of the molecule is COc1ccc(CN(C)C(=O)c2cccc(NC(=O)C3CC3C)c2)cc1F. The van der Waals surface area contributed by atoms with Crippen molar-refractivity contribution in [1.82, 2.24) is 4.90 Å². The summed E-state index contributed by atoms with van der Waals surface area (Å²) < 4.78 is 18.7. The Bertz CT molecular complexity index is 868. The first kappa shape index (κ1) is 18.9. The molecule has 2 atom stereocenters. The van der Waals surface area contributed by atoms with Gasteiger partial charge in [0.05, 0.1) is 7.11 Å².